The van der Waals surface area contributed by atoms with Gasteiger partial charge in [-0.1, -0.05) is 11.6 Å². The number of phenols is 1. The third-order valence-corrected chi connectivity index (χ3v) is 1.42. The van der Waals surface area contributed by atoms with Crippen molar-refractivity contribution in [1.29, 1.82) is 0 Å². The van der Waals surface area contributed by atoms with Gasteiger partial charge in [0, 0.05) is 0 Å². The third-order valence-electron chi connectivity index (χ3n) is 1.11. The number of hydrogen-bond acceptors (Lipinski definition) is 3. The van der Waals surface area contributed by atoms with Crippen molar-refractivity contribution in [3.05, 3.63) is 23.2 Å². The second-order valence-electron chi connectivity index (χ2n) is 1.81. The molecule has 3 nitrogen and oxygen atoms in total. The van der Waals surface area contributed by atoms with Crippen molar-refractivity contribution in [2.45, 2.75) is 0 Å². The van der Waals surface area contributed by atoms with E-state index >= 15 is 0 Å². The van der Waals surface area contributed by atoms with Gasteiger partial charge in [0.25, 0.3) is 0 Å². The maximum atomic E-state index is 8.94. The van der Waals surface area contributed by atoms with E-state index in [0.29, 0.717) is 5.69 Å². The van der Waals surface area contributed by atoms with E-state index in [2.05, 4.69) is 5.43 Å². The van der Waals surface area contributed by atoms with Crippen molar-refractivity contribution >= 4 is 17.3 Å². The number of nitrogens with one attached hydrogen (secondary N) is 1. The van der Waals surface area contributed by atoms with Gasteiger partial charge in [0.15, 0.2) is 0 Å². The number of nitrogen functional groups attached to an aromatic ring is 1. The number of nitrogens with two attached hydrogens (primary N) is 1. The second kappa shape index (κ2) is 2.77. The molecular formula is C6H7ClN2O. The summed E-state index contributed by atoms with van der Waals surface area (Å²) in [6, 6.07) is 4.63. The van der Waals surface area contributed by atoms with E-state index in [9.17, 15) is 0 Å². The molecule has 10 heavy (non-hydrogen) atoms. The molecule has 0 aromatic heterocycles. The predicted octanol–water partition coefficient (Wildman–Crippen LogP) is 1.33. The van der Waals surface area contributed by atoms with Crippen molar-refractivity contribution < 1.29 is 5.11 Å². The molecule has 1 aromatic carbocycles. The fourth-order valence-corrected chi connectivity index (χ4v) is 0.777. The number of rotatable bonds is 1. The van der Waals surface area contributed by atoms with E-state index in [1.165, 1.54) is 12.1 Å². The van der Waals surface area contributed by atoms with Crippen LogP contribution in [0.15, 0.2) is 18.2 Å². The molecule has 0 aliphatic heterocycles. The predicted molar refractivity (Wildman–Crippen MR) is 40.9 cm³/mol. The summed E-state index contributed by atoms with van der Waals surface area (Å²) in [5, 5.41) is 9.23. The molecule has 0 saturated heterocycles. The molecule has 0 aliphatic rings. The molecule has 0 heterocycles. The Hall–Kier alpha value is -0.930. The first kappa shape index (κ1) is 7.18. The van der Waals surface area contributed by atoms with E-state index in [-0.39, 0.29) is 10.8 Å². The van der Waals surface area contributed by atoms with Crippen molar-refractivity contribution in [2.24, 2.45) is 5.84 Å². The van der Waals surface area contributed by atoms with Crippen LogP contribution in [0.5, 0.6) is 5.75 Å². The van der Waals surface area contributed by atoms with Gasteiger partial charge in [0.05, 0.1) is 10.7 Å². The maximum Gasteiger partial charge on any atom is 0.134 e. The Morgan fingerprint density at radius 2 is 2.20 bits per heavy atom. The Morgan fingerprint density at radius 1 is 1.50 bits per heavy atom. The number of aromatic hydroxyl groups is 1. The minimum Gasteiger partial charge on any atom is -0.506 e. The van der Waals surface area contributed by atoms with Crippen LogP contribution in [-0.4, -0.2) is 5.11 Å². The van der Waals surface area contributed by atoms with Crippen molar-refractivity contribution in [3.63, 3.8) is 0 Å². The number of anilines is 1. The highest BCUT2D eigenvalue weighted by atomic mass is 35.5. The largest absolute Gasteiger partial charge is 0.506 e. The topological polar surface area (TPSA) is 58.3 Å². The first-order valence-electron chi connectivity index (χ1n) is 2.69. The van der Waals surface area contributed by atoms with Crippen LogP contribution < -0.4 is 11.3 Å². The van der Waals surface area contributed by atoms with Gasteiger partial charge in [0.2, 0.25) is 0 Å². The van der Waals surface area contributed by atoms with Gasteiger partial charge in [-0.25, -0.2) is 0 Å². The monoisotopic (exact) mass is 158 g/mol. The SMILES string of the molecule is NNc1ccc(O)c(Cl)c1. The molecular weight excluding hydrogens is 152 g/mol. The Morgan fingerprint density at radius 3 is 2.70 bits per heavy atom. The molecule has 0 spiro atoms. The molecule has 0 atom stereocenters. The first-order valence-corrected chi connectivity index (χ1v) is 3.07. The summed E-state index contributed by atoms with van der Waals surface area (Å²) in [5.41, 5.74) is 3.07. The zero-order valence-corrected chi connectivity index (χ0v) is 5.89. The number of hydrogen-bond donors (Lipinski definition) is 3. The molecule has 4 N–H and O–H groups in total. The molecule has 0 saturated carbocycles. The lowest BCUT2D eigenvalue weighted by Gasteiger charge is -2.00. The van der Waals surface area contributed by atoms with E-state index in [0.717, 1.165) is 0 Å². The molecule has 0 amide bonds. The van der Waals surface area contributed by atoms with E-state index in [1.54, 1.807) is 6.07 Å². The molecule has 0 aliphatic carbocycles. The highest BCUT2D eigenvalue weighted by Crippen LogP contribution is 2.25. The standard InChI is InChI=1S/C6H7ClN2O/c7-5-3-4(9-8)1-2-6(5)10/h1-3,9-10H,8H2. The zero-order chi connectivity index (χ0) is 7.56. The van der Waals surface area contributed by atoms with Gasteiger partial charge >= 0.3 is 0 Å². The lowest BCUT2D eigenvalue weighted by Crippen LogP contribution is -2.05. The van der Waals surface area contributed by atoms with Crippen molar-refractivity contribution in [2.75, 3.05) is 5.43 Å². The highest BCUT2D eigenvalue weighted by molar-refractivity contribution is 6.32. The molecule has 0 bridgehead atoms. The molecule has 0 unspecified atom stereocenters. The zero-order valence-electron chi connectivity index (χ0n) is 5.13. The Balaban J connectivity index is 3.04. The number of halogens is 1. The lowest BCUT2D eigenvalue weighted by atomic mass is 10.3. The number of phenolic OH excluding ortho intramolecular Hbond substituents is 1. The van der Waals surface area contributed by atoms with Crippen LogP contribution in [0.1, 0.15) is 0 Å². The van der Waals surface area contributed by atoms with Crippen molar-refractivity contribution in [3.8, 4) is 5.75 Å². The van der Waals surface area contributed by atoms with Gasteiger partial charge in [0.1, 0.15) is 5.75 Å². The van der Waals surface area contributed by atoms with Crippen LogP contribution in [0.25, 0.3) is 0 Å². The van der Waals surface area contributed by atoms with E-state index in [4.69, 9.17) is 22.6 Å². The van der Waals surface area contributed by atoms with Crippen LogP contribution in [-0.2, 0) is 0 Å². The van der Waals surface area contributed by atoms with Gasteiger partial charge in [-0.15, -0.1) is 0 Å². The fourth-order valence-electron chi connectivity index (χ4n) is 0.597. The third kappa shape index (κ3) is 1.32. The second-order valence-corrected chi connectivity index (χ2v) is 2.22. The number of hydrazine groups is 1. The van der Waals surface area contributed by atoms with Gasteiger partial charge < -0.3 is 10.5 Å². The summed E-state index contributed by atoms with van der Waals surface area (Å²) in [6.07, 6.45) is 0. The average Bonchev–Trinajstić information content (AvgIpc) is 1.95. The minimum absolute atomic E-state index is 0.0562. The van der Waals surface area contributed by atoms with E-state index < -0.39 is 0 Å². The summed E-state index contributed by atoms with van der Waals surface area (Å²) in [6.45, 7) is 0. The van der Waals surface area contributed by atoms with E-state index in [1.807, 2.05) is 0 Å². The fraction of sp³-hybridized carbons (Fsp3) is 0. The molecule has 1 rings (SSSR count). The summed E-state index contributed by atoms with van der Waals surface area (Å²) in [5.74, 6) is 5.13. The Kier molecular flexibility index (Phi) is 1.99. The average molecular weight is 159 g/mol. The minimum atomic E-state index is 0.0562. The lowest BCUT2D eigenvalue weighted by molar-refractivity contribution is 0.475. The quantitative estimate of drug-likeness (QED) is 0.328. The van der Waals surface area contributed by atoms with Crippen LogP contribution in [0.2, 0.25) is 5.02 Å². The normalized spacial score (nSPS) is 9.40. The smallest absolute Gasteiger partial charge is 0.134 e. The summed E-state index contributed by atoms with van der Waals surface area (Å²) >= 11 is 5.55. The molecule has 1 aromatic rings. The highest BCUT2D eigenvalue weighted by Gasteiger charge is 1.96. The summed E-state index contributed by atoms with van der Waals surface area (Å²) in [4.78, 5) is 0. The van der Waals surface area contributed by atoms with Crippen LogP contribution in [0.3, 0.4) is 0 Å². The molecule has 4 heteroatoms. The molecule has 54 valence electrons. The first-order chi connectivity index (χ1) is 4.74. The summed E-state index contributed by atoms with van der Waals surface area (Å²) in [7, 11) is 0. The Labute approximate surface area is 63.4 Å². The maximum absolute atomic E-state index is 8.94. The van der Waals surface area contributed by atoms with Gasteiger partial charge in [-0.05, 0) is 18.2 Å². The van der Waals surface area contributed by atoms with Crippen LogP contribution in [0.4, 0.5) is 5.69 Å². The summed E-state index contributed by atoms with van der Waals surface area (Å²) < 4.78 is 0. The Bertz CT molecular complexity index is 239. The van der Waals surface area contributed by atoms with Gasteiger partial charge in [-0.2, -0.15) is 0 Å². The van der Waals surface area contributed by atoms with Crippen molar-refractivity contribution in [1.82, 2.24) is 0 Å². The molecule has 0 fully saturated rings. The van der Waals surface area contributed by atoms with Crippen LogP contribution >= 0.6 is 11.6 Å². The van der Waals surface area contributed by atoms with Crippen LogP contribution in [0, 0.1) is 0 Å². The number of benzene rings is 1. The molecule has 0 radical (unpaired) electrons. The van der Waals surface area contributed by atoms with Gasteiger partial charge in [-0.3, -0.25) is 5.84 Å².